The molecule has 1 aliphatic carbocycles. The quantitative estimate of drug-likeness (QED) is 0.793. The second-order valence-electron chi connectivity index (χ2n) is 7.32. The molecule has 1 aromatic carbocycles. The molecule has 1 saturated carbocycles. The van der Waals surface area contributed by atoms with Gasteiger partial charge in [-0.1, -0.05) is 49.1 Å². The lowest BCUT2D eigenvalue weighted by Crippen LogP contribution is -2.47. The molecule has 1 heterocycles. The van der Waals surface area contributed by atoms with Gasteiger partial charge in [-0.15, -0.1) is 0 Å². The second kappa shape index (κ2) is 5.62. The Morgan fingerprint density at radius 2 is 1.90 bits per heavy atom. The van der Waals surface area contributed by atoms with E-state index in [0.717, 1.165) is 19.7 Å². The van der Waals surface area contributed by atoms with Gasteiger partial charge in [0.2, 0.25) is 0 Å². The van der Waals surface area contributed by atoms with Crippen LogP contribution in [0.4, 0.5) is 0 Å². The number of morpholine rings is 1. The molecule has 2 fully saturated rings. The largest absolute Gasteiger partial charge is 0.375 e. The van der Waals surface area contributed by atoms with E-state index in [4.69, 9.17) is 4.74 Å². The summed E-state index contributed by atoms with van der Waals surface area (Å²) in [7, 11) is -1.16. The molecule has 2 aliphatic rings. The van der Waals surface area contributed by atoms with Crippen molar-refractivity contribution in [1.29, 1.82) is 0 Å². The molecule has 3 heteroatoms. The van der Waals surface area contributed by atoms with E-state index in [-0.39, 0.29) is 0 Å². The van der Waals surface area contributed by atoms with Gasteiger partial charge in [0.25, 0.3) is 0 Å². The van der Waals surface area contributed by atoms with Crippen LogP contribution in [-0.4, -0.2) is 38.3 Å². The zero-order valence-corrected chi connectivity index (χ0v) is 14.1. The zero-order chi connectivity index (χ0) is 14.2. The van der Waals surface area contributed by atoms with Crippen molar-refractivity contribution < 1.29 is 4.74 Å². The van der Waals surface area contributed by atoms with Crippen molar-refractivity contribution >= 4 is 13.3 Å². The Hall–Kier alpha value is -0.643. The minimum Gasteiger partial charge on any atom is -0.375 e. The third-order valence-corrected chi connectivity index (χ3v) is 6.87. The molecule has 2 nitrogen and oxygen atoms in total. The molecule has 2 atom stereocenters. The third-order valence-electron chi connectivity index (χ3n) is 4.80. The predicted octanol–water partition coefficient (Wildman–Crippen LogP) is 2.99. The lowest BCUT2D eigenvalue weighted by molar-refractivity contribution is -0.0588. The zero-order valence-electron chi connectivity index (χ0n) is 13.1. The van der Waals surface area contributed by atoms with E-state index in [0.29, 0.717) is 12.1 Å². The van der Waals surface area contributed by atoms with Crippen molar-refractivity contribution in [2.24, 2.45) is 0 Å². The smallest absolute Gasteiger partial charge is 0.0775 e. The second-order valence-corrected chi connectivity index (χ2v) is 12.4. The molecule has 1 aromatic rings. The lowest BCUT2D eigenvalue weighted by atomic mass is 10.1. The number of ether oxygens (including phenoxy) is 1. The van der Waals surface area contributed by atoms with Crippen molar-refractivity contribution in [2.45, 2.75) is 57.6 Å². The SMILES string of the molecule is C[Si](C)(C)c1ccc(CN2CCOC3CCCC32)cc1. The highest BCUT2D eigenvalue weighted by atomic mass is 28.3. The molecule has 20 heavy (non-hydrogen) atoms. The summed E-state index contributed by atoms with van der Waals surface area (Å²) in [5.74, 6) is 0. The summed E-state index contributed by atoms with van der Waals surface area (Å²) in [5, 5.41) is 1.56. The van der Waals surface area contributed by atoms with E-state index in [9.17, 15) is 0 Å². The van der Waals surface area contributed by atoms with E-state index in [2.05, 4.69) is 48.8 Å². The molecule has 2 unspecified atom stereocenters. The number of nitrogens with zero attached hydrogens (tertiary/aromatic N) is 1. The normalized spacial score (nSPS) is 27.6. The van der Waals surface area contributed by atoms with Crippen LogP contribution in [0.15, 0.2) is 24.3 Å². The Kier molecular flexibility index (Phi) is 4.02. The minimum atomic E-state index is -1.16. The fraction of sp³-hybridized carbons (Fsp3) is 0.647. The van der Waals surface area contributed by atoms with E-state index in [1.165, 1.54) is 24.8 Å². The topological polar surface area (TPSA) is 12.5 Å². The molecule has 0 spiro atoms. The molecule has 3 rings (SSSR count). The van der Waals surface area contributed by atoms with E-state index in [1.807, 2.05) is 0 Å². The Bertz CT molecular complexity index is 451. The first-order chi connectivity index (χ1) is 9.54. The fourth-order valence-electron chi connectivity index (χ4n) is 3.55. The Balaban J connectivity index is 1.68. The Morgan fingerprint density at radius 1 is 1.15 bits per heavy atom. The summed E-state index contributed by atoms with van der Waals surface area (Å²) in [6, 6.07) is 10.1. The molecule has 0 bridgehead atoms. The molecular weight excluding hydrogens is 262 g/mol. The van der Waals surface area contributed by atoms with Crippen LogP contribution >= 0.6 is 0 Å². The predicted molar refractivity (Wildman–Crippen MR) is 87.2 cm³/mol. The number of hydrogen-bond donors (Lipinski definition) is 0. The molecule has 0 amide bonds. The van der Waals surface area contributed by atoms with Crippen molar-refractivity contribution in [1.82, 2.24) is 4.90 Å². The van der Waals surface area contributed by atoms with Gasteiger partial charge in [0.05, 0.1) is 20.8 Å². The summed E-state index contributed by atoms with van der Waals surface area (Å²) in [4.78, 5) is 2.64. The van der Waals surface area contributed by atoms with Crippen molar-refractivity contribution in [3.05, 3.63) is 29.8 Å². The summed E-state index contributed by atoms with van der Waals surface area (Å²) < 4.78 is 5.90. The third kappa shape index (κ3) is 3.00. The average Bonchev–Trinajstić information content (AvgIpc) is 2.88. The first-order valence-corrected chi connectivity index (χ1v) is 11.5. The van der Waals surface area contributed by atoms with Gasteiger partial charge in [0.15, 0.2) is 0 Å². The standard InChI is InChI=1S/C17H27NOSi/c1-20(2,3)15-9-7-14(8-10-15)13-18-11-12-19-17-6-4-5-16(17)18/h7-10,16-17H,4-6,11-13H2,1-3H3. The molecule has 1 saturated heterocycles. The molecule has 0 aromatic heterocycles. The average molecular weight is 289 g/mol. The van der Waals surface area contributed by atoms with Crippen molar-refractivity contribution in [3.63, 3.8) is 0 Å². The van der Waals surface area contributed by atoms with Crippen molar-refractivity contribution in [2.75, 3.05) is 13.2 Å². The van der Waals surface area contributed by atoms with Gasteiger partial charge in [-0.25, -0.2) is 0 Å². The van der Waals surface area contributed by atoms with Gasteiger partial charge in [-0.3, -0.25) is 4.90 Å². The van der Waals surface area contributed by atoms with Crippen LogP contribution in [0.3, 0.4) is 0 Å². The first kappa shape index (κ1) is 14.3. The van der Waals surface area contributed by atoms with Crippen molar-refractivity contribution in [3.8, 4) is 0 Å². The lowest BCUT2D eigenvalue weighted by Gasteiger charge is -2.37. The highest BCUT2D eigenvalue weighted by molar-refractivity contribution is 6.88. The monoisotopic (exact) mass is 289 g/mol. The number of hydrogen-bond acceptors (Lipinski definition) is 2. The van der Waals surface area contributed by atoms with Gasteiger partial charge in [-0.2, -0.15) is 0 Å². The first-order valence-electron chi connectivity index (χ1n) is 7.99. The Morgan fingerprint density at radius 3 is 2.60 bits per heavy atom. The molecule has 1 aliphatic heterocycles. The van der Waals surface area contributed by atoms with Crippen LogP contribution in [0, 0.1) is 0 Å². The van der Waals surface area contributed by atoms with E-state index >= 15 is 0 Å². The van der Waals surface area contributed by atoms with Crippen LogP contribution in [0.1, 0.15) is 24.8 Å². The summed E-state index contributed by atoms with van der Waals surface area (Å²) in [6.45, 7) is 10.3. The van der Waals surface area contributed by atoms with Gasteiger partial charge < -0.3 is 4.74 Å². The maximum Gasteiger partial charge on any atom is 0.0775 e. The van der Waals surface area contributed by atoms with Crippen LogP contribution in [-0.2, 0) is 11.3 Å². The summed E-state index contributed by atoms with van der Waals surface area (Å²) in [5.41, 5.74) is 1.46. The van der Waals surface area contributed by atoms with Crippen LogP contribution < -0.4 is 5.19 Å². The van der Waals surface area contributed by atoms with Gasteiger partial charge in [0, 0.05) is 19.1 Å². The summed E-state index contributed by atoms with van der Waals surface area (Å²) in [6.07, 6.45) is 4.42. The van der Waals surface area contributed by atoms with Crippen LogP contribution in [0.25, 0.3) is 0 Å². The highest BCUT2D eigenvalue weighted by Crippen LogP contribution is 2.30. The molecule has 110 valence electrons. The van der Waals surface area contributed by atoms with Gasteiger partial charge >= 0.3 is 0 Å². The fourth-order valence-corrected chi connectivity index (χ4v) is 4.71. The van der Waals surface area contributed by atoms with Crippen LogP contribution in [0.5, 0.6) is 0 Å². The van der Waals surface area contributed by atoms with Crippen LogP contribution in [0.2, 0.25) is 19.6 Å². The molecular formula is C17H27NOSi. The van der Waals surface area contributed by atoms with E-state index < -0.39 is 8.07 Å². The maximum absolute atomic E-state index is 5.90. The summed E-state index contributed by atoms with van der Waals surface area (Å²) >= 11 is 0. The van der Waals surface area contributed by atoms with E-state index in [1.54, 1.807) is 5.19 Å². The van der Waals surface area contributed by atoms with Gasteiger partial charge in [0.1, 0.15) is 0 Å². The van der Waals surface area contributed by atoms with Gasteiger partial charge in [-0.05, 0) is 24.8 Å². The number of fused-ring (bicyclic) bond motifs is 1. The molecule has 0 radical (unpaired) electrons. The number of benzene rings is 1. The number of rotatable bonds is 3. The minimum absolute atomic E-state index is 0.505. The highest BCUT2D eigenvalue weighted by Gasteiger charge is 2.35. The Labute approximate surface area is 124 Å². The maximum atomic E-state index is 5.90. The molecule has 0 N–H and O–H groups in total.